The van der Waals surface area contributed by atoms with Gasteiger partial charge in [-0.3, -0.25) is 9.59 Å². The maximum atomic E-state index is 13.3. The molecule has 2 aromatic heterocycles. The first kappa shape index (κ1) is 22.2. The second-order valence-electron chi connectivity index (χ2n) is 7.49. The number of carbonyl (C=O) groups is 1. The van der Waals surface area contributed by atoms with Crippen LogP contribution in [0.1, 0.15) is 19.8 Å². The third-order valence-electron chi connectivity index (χ3n) is 5.04. The van der Waals surface area contributed by atoms with E-state index in [2.05, 4.69) is 17.3 Å². The van der Waals surface area contributed by atoms with Gasteiger partial charge in [0.05, 0.1) is 12.3 Å². The Hall–Kier alpha value is -4.01. The molecule has 0 unspecified atom stereocenters. The van der Waals surface area contributed by atoms with E-state index in [0.29, 0.717) is 17.8 Å². The van der Waals surface area contributed by atoms with E-state index in [1.54, 1.807) is 12.3 Å². The van der Waals surface area contributed by atoms with Gasteiger partial charge in [-0.2, -0.15) is 5.10 Å². The molecule has 7 nitrogen and oxygen atoms in total. The number of halogens is 2. The van der Waals surface area contributed by atoms with Gasteiger partial charge in [-0.1, -0.05) is 13.3 Å². The Labute approximate surface area is 188 Å². The summed E-state index contributed by atoms with van der Waals surface area (Å²) in [7, 11) is 0. The largest absolute Gasteiger partial charge is 0.494 e. The molecular weight excluding hydrogens is 430 g/mol. The van der Waals surface area contributed by atoms with E-state index < -0.39 is 23.1 Å². The number of anilines is 1. The molecule has 1 amide bonds. The van der Waals surface area contributed by atoms with Crippen molar-refractivity contribution >= 4 is 17.1 Å². The third-order valence-corrected chi connectivity index (χ3v) is 5.04. The highest BCUT2D eigenvalue weighted by atomic mass is 19.2. The lowest BCUT2D eigenvalue weighted by atomic mass is 10.1. The van der Waals surface area contributed by atoms with Crippen molar-refractivity contribution in [3.8, 4) is 17.0 Å². The molecule has 0 saturated heterocycles. The zero-order valence-electron chi connectivity index (χ0n) is 17.9. The molecule has 2 aromatic carbocycles. The Balaban J connectivity index is 1.50. The van der Waals surface area contributed by atoms with Crippen LogP contribution in [0.25, 0.3) is 16.8 Å². The predicted molar refractivity (Wildman–Crippen MR) is 120 cm³/mol. The molecule has 1 N–H and O–H groups in total. The number of unbranched alkanes of at least 4 members (excludes halogenated alkanes) is 1. The summed E-state index contributed by atoms with van der Waals surface area (Å²) >= 11 is 0. The van der Waals surface area contributed by atoms with Crippen LogP contribution < -0.4 is 15.6 Å². The fraction of sp³-hybridized carbons (Fsp3) is 0.208. The Morgan fingerprint density at radius 3 is 2.58 bits per heavy atom. The molecular formula is C24H22F2N4O3. The molecule has 33 heavy (non-hydrogen) atoms. The van der Waals surface area contributed by atoms with Crippen LogP contribution in [0.2, 0.25) is 0 Å². The molecule has 4 aromatic rings. The lowest BCUT2D eigenvalue weighted by molar-refractivity contribution is -0.116. The predicted octanol–water partition coefficient (Wildman–Crippen LogP) is 4.26. The Kier molecular flexibility index (Phi) is 6.48. The molecule has 170 valence electrons. The molecule has 0 fully saturated rings. The topological polar surface area (TPSA) is 77.6 Å². The first-order chi connectivity index (χ1) is 15.9. The van der Waals surface area contributed by atoms with Crippen molar-refractivity contribution < 1.29 is 18.3 Å². The molecule has 0 saturated carbocycles. The highest BCUT2D eigenvalue weighted by Gasteiger charge is 2.12. The van der Waals surface area contributed by atoms with E-state index in [1.807, 2.05) is 24.3 Å². The van der Waals surface area contributed by atoms with Crippen LogP contribution in [0.4, 0.5) is 14.5 Å². The van der Waals surface area contributed by atoms with Crippen LogP contribution in [-0.2, 0) is 11.3 Å². The average molecular weight is 452 g/mol. The lowest BCUT2D eigenvalue weighted by Crippen LogP contribution is -2.28. The van der Waals surface area contributed by atoms with E-state index in [0.717, 1.165) is 36.3 Å². The van der Waals surface area contributed by atoms with Crippen molar-refractivity contribution in [2.24, 2.45) is 0 Å². The normalized spacial score (nSPS) is 11.0. The van der Waals surface area contributed by atoms with Crippen molar-refractivity contribution in [1.29, 1.82) is 0 Å². The zero-order valence-corrected chi connectivity index (χ0v) is 17.9. The Morgan fingerprint density at radius 1 is 1.06 bits per heavy atom. The molecule has 0 aliphatic rings. The number of ether oxygens (including phenoxy) is 1. The van der Waals surface area contributed by atoms with Gasteiger partial charge in [-0.05, 0) is 48.9 Å². The van der Waals surface area contributed by atoms with Crippen LogP contribution in [0.3, 0.4) is 0 Å². The molecule has 0 spiro atoms. The van der Waals surface area contributed by atoms with Crippen LogP contribution in [-0.4, -0.2) is 26.7 Å². The molecule has 0 aliphatic carbocycles. The third kappa shape index (κ3) is 5.08. The number of benzene rings is 2. The van der Waals surface area contributed by atoms with E-state index >= 15 is 0 Å². The van der Waals surface area contributed by atoms with Crippen molar-refractivity contribution in [2.45, 2.75) is 26.3 Å². The quantitative estimate of drug-likeness (QED) is 0.405. The van der Waals surface area contributed by atoms with Crippen LogP contribution in [0, 0.1) is 11.6 Å². The number of carbonyl (C=O) groups excluding carboxylic acids is 1. The number of nitrogens with one attached hydrogen (secondary N) is 1. The van der Waals surface area contributed by atoms with Gasteiger partial charge in [0.2, 0.25) is 5.91 Å². The standard InChI is InChI=1S/C24H22F2N4O3/c1-2-3-12-33-18-7-4-16(5-8-18)21-14-22-24(32)29(10-11-30(22)28-21)15-23(31)27-17-6-9-19(25)20(26)13-17/h4-11,13-14H,2-3,12,15H2,1H3,(H,27,31). The maximum Gasteiger partial charge on any atom is 0.277 e. The van der Waals surface area contributed by atoms with Gasteiger partial charge >= 0.3 is 0 Å². The first-order valence-electron chi connectivity index (χ1n) is 10.5. The molecule has 4 rings (SSSR count). The van der Waals surface area contributed by atoms with Crippen LogP contribution in [0.15, 0.2) is 65.7 Å². The summed E-state index contributed by atoms with van der Waals surface area (Å²) in [6.45, 7) is 2.47. The second kappa shape index (κ2) is 9.64. The van der Waals surface area contributed by atoms with Crippen molar-refractivity contribution in [3.63, 3.8) is 0 Å². The zero-order chi connectivity index (χ0) is 23.4. The summed E-state index contributed by atoms with van der Waals surface area (Å²) in [4.78, 5) is 25.2. The molecule has 9 heteroatoms. The van der Waals surface area contributed by atoms with Gasteiger partial charge in [-0.15, -0.1) is 0 Å². The van der Waals surface area contributed by atoms with E-state index in [1.165, 1.54) is 21.3 Å². The van der Waals surface area contributed by atoms with E-state index in [4.69, 9.17) is 4.74 Å². The summed E-state index contributed by atoms with van der Waals surface area (Å²) in [5, 5.41) is 6.89. The molecule has 2 heterocycles. The number of aromatic nitrogens is 3. The summed E-state index contributed by atoms with van der Waals surface area (Å²) in [5.41, 5.74) is 1.43. The highest BCUT2D eigenvalue weighted by Crippen LogP contribution is 2.22. The summed E-state index contributed by atoms with van der Waals surface area (Å²) in [5.74, 6) is -1.86. The second-order valence-corrected chi connectivity index (χ2v) is 7.49. The van der Waals surface area contributed by atoms with Crippen LogP contribution >= 0.6 is 0 Å². The maximum absolute atomic E-state index is 13.3. The average Bonchev–Trinajstić information content (AvgIpc) is 3.24. The number of hydrogen-bond donors (Lipinski definition) is 1. The van der Waals surface area contributed by atoms with Gasteiger partial charge < -0.3 is 14.6 Å². The van der Waals surface area contributed by atoms with Gasteiger partial charge in [0.25, 0.3) is 5.56 Å². The van der Waals surface area contributed by atoms with E-state index in [-0.39, 0.29) is 12.2 Å². The smallest absolute Gasteiger partial charge is 0.277 e. The minimum absolute atomic E-state index is 0.0989. The SMILES string of the molecule is CCCCOc1ccc(-c2cc3c(=O)n(CC(=O)Nc4ccc(F)c(F)c4)ccn3n2)cc1. The Bertz CT molecular complexity index is 1350. The van der Waals surface area contributed by atoms with Crippen molar-refractivity contribution in [1.82, 2.24) is 14.2 Å². The number of nitrogens with zero attached hydrogens (tertiary/aromatic N) is 3. The van der Waals surface area contributed by atoms with Gasteiger partial charge in [0, 0.05) is 29.7 Å². The lowest BCUT2D eigenvalue weighted by Gasteiger charge is -2.08. The Morgan fingerprint density at radius 2 is 1.85 bits per heavy atom. The van der Waals surface area contributed by atoms with Gasteiger partial charge in [-0.25, -0.2) is 13.3 Å². The van der Waals surface area contributed by atoms with E-state index in [9.17, 15) is 18.4 Å². The molecule has 0 radical (unpaired) electrons. The number of rotatable bonds is 8. The molecule has 0 bridgehead atoms. The summed E-state index contributed by atoms with van der Waals surface area (Å²) in [6.07, 6.45) is 5.07. The highest BCUT2D eigenvalue weighted by molar-refractivity contribution is 5.90. The molecule has 0 aliphatic heterocycles. The summed E-state index contributed by atoms with van der Waals surface area (Å²) < 4.78 is 34.7. The van der Waals surface area contributed by atoms with Gasteiger partial charge in [0.1, 0.15) is 17.8 Å². The van der Waals surface area contributed by atoms with Crippen molar-refractivity contribution in [3.05, 3.63) is 82.9 Å². The number of hydrogen-bond acceptors (Lipinski definition) is 4. The first-order valence-corrected chi connectivity index (χ1v) is 10.5. The summed E-state index contributed by atoms with van der Waals surface area (Å²) in [6, 6.07) is 12.1. The minimum atomic E-state index is -1.07. The van der Waals surface area contributed by atoms with Crippen molar-refractivity contribution in [2.75, 3.05) is 11.9 Å². The number of amides is 1. The molecule has 0 atom stereocenters. The van der Waals surface area contributed by atoms with Crippen LogP contribution in [0.5, 0.6) is 5.75 Å². The minimum Gasteiger partial charge on any atom is -0.494 e. The van der Waals surface area contributed by atoms with Gasteiger partial charge in [0.15, 0.2) is 11.6 Å². The fourth-order valence-corrected chi connectivity index (χ4v) is 3.28. The number of fused-ring (bicyclic) bond motifs is 1. The fourth-order valence-electron chi connectivity index (χ4n) is 3.28. The monoisotopic (exact) mass is 452 g/mol.